The molecule has 1 rings (SSSR count). The minimum Gasteiger partial charge on any atom is -0.479 e. The Morgan fingerprint density at radius 1 is 1.03 bits per heavy atom. The largest absolute Gasteiger partial charge is 0.479 e. The fourth-order valence-electron chi connectivity index (χ4n) is 4.19. The van der Waals surface area contributed by atoms with Crippen LogP contribution in [0.15, 0.2) is 30.3 Å². The molecule has 2 amide bonds. The number of aliphatic carboxylic acids is 1. The first-order valence-corrected chi connectivity index (χ1v) is 11.4. The number of nitrogens with zero attached hydrogens (tertiary/aromatic N) is 1. The Morgan fingerprint density at radius 2 is 1.57 bits per heavy atom. The van der Waals surface area contributed by atoms with E-state index in [2.05, 4.69) is 0 Å². The van der Waals surface area contributed by atoms with E-state index in [1.54, 1.807) is 37.3 Å². The van der Waals surface area contributed by atoms with E-state index < -0.39 is 65.0 Å². The second kappa shape index (κ2) is 12.1. The Hall–Kier alpha value is -2.99. The first-order chi connectivity index (χ1) is 16.2. The monoisotopic (exact) mass is 492 g/mol. The highest BCUT2D eigenvalue weighted by molar-refractivity contribution is 6.22. The number of carbonyl (C=O) groups is 5. The molecule has 0 radical (unpaired) electrons. The van der Waals surface area contributed by atoms with E-state index in [1.807, 2.05) is 0 Å². The number of carbonyl (C=O) groups excluding carboxylic acids is 4. The summed E-state index contributed by atoms with van der Waals surface area (Å²) >= 11 is 0. The van der Waals surface area contributed by atoms with Gasteiger partial charge in [-0.15, -0.1) is 0 Å². The van der Waals surface area contributed by atoms with E-state index in [1.165, 1.54) is 20.8 Å². The van der Waals surface area contributed by atoms with Crippen LogP contribution in [0.1, 0.15) is 46.1 Å². The third-order valence-corrected chi connectivity index (χ3v) is 5.96. The molecule has 4 unspecified atom stereocenters. The predicted octanol–water partition coefficient (Wildman–Crippen LogP) is -0.634. The highest BCUT2D eigenvalue weighted by Gasteiger charge is 2.72. The molecule has 0 bridgehead atoms. The van der Waals surface area contributed by atoms with Crippen LogP contribution in [0.2, 0.25) is 0 Å². The fourth-order valence-corrected chi connectivity index (χ4v) is 4.19. The van der Waals surface area contributed by atoms with Gasteiger partial charge in [0.05, 0.1) is 18.6 Å². The van der Waals surface area contributed by atoms with Gasteiger partial charge in [-0.1, -0.05) is 51.1 Å². The number of nitrogens with two attached hydrogens (primary N) is 3. The van der Waals surface area contributed by atoms with E-state index >= 15 is 0 Å². The van der Waals surface area contributed by atoms with Crippen molar-refractivity contribution in [2.75, 3.05) is 6.54 Å². The van der Waals surface area contributed by atoms with Crippen LogP contribution in [0.5, 0.6) is 0 Å². The number of imide groups is 1. The minimum absolute atomic E-state index is 0.0424. The lowest BCUT2D eigenvalue weighted by molar-refractivity contribution is -0.198. The molecular formula is C24H36N4O7. The maximum Gasteiger partial charge on any atom is 0.341 e. The highest BCUT2D eigenvalue weighted by Crippen LogP contribution is 2.40. The van der Waals surface area contributed by atoms with Gasteiger partial charge in [-0.25, -0.2) is 4.79 Å². The van der Waals surface area contributed by atoms with Gasteiger partial charge in [-0.3, -0.25) is 24.1 Å². The van der Waals surface area contributed by atoms with Crippen molar-refractivity contribution in [1.82, 2.24) is 4.90 Å². The molecule has 0 aromatic heterocycles. The lowest BCUT2D eigenvalue weighted by Crippen LogP contribution is -2.81. The lowest BCUT2D eigenvalue weighted by Gasteiger charge is -2.50. The number of benzene rings is 1. The molecule has 1 aromatic carbocycles. The number of amides is 2. The molecule has 0 aliphatic heterocycles. The summed E-state index contributed by atoms with van der Waals surface area (Å²) in [5, 5.41) is 22.4. The fraction of sp³-hybridized carbons (Fsp3) is 0.542. The molecular weight excluding hydrogens is 456 g/mol. The van der Waals surface area contributed by atoms with Crippen LogP contribution in [0, 0.1) is 5.92 Å². The van der Waals surface area contributed by atoms with Crippen molar-refractivity contribution >= 4 is 29.4 Å². The summed E-state index contributed by atoms with van der Waals surface area (Å²) in [5.74, 6) is -8.37. The van der Waals surface area contributed by atoms with Crippen molar-refractivity contribution in [2.45, 2.75) is 70.2 Å². The van der Waals surface area contributed by atoms with Crippen LogP contribution in [-0.4, -0.2) is 74.2 Å². The quantitative estimate of drug-likeness (QED) is 0.220. The average molecular weight is 493 g/mol. The molecule has 4 atom stereocenters. The standard InChI is InChI=1S/C24H36N4O7/c1-5-9-18(29)24(35,14(2)3)23(22(33)34,28(19(30)13-25)21(32)15(4)26)20(31)17(27)12-16-10-7-6-8-11-16/h6-8,10-11,14-15,17,35H,5,9,12-13,25-27H2,1-4H3,(H,33,34). The van der Waals surface area contributed by atoms with Gasteiger partial charge in [0.2, 0.25) is 17.4 Å². The van der Waals surface area contributed by atoms with E-state index in [-0.39, 0.29) is 24.2 Å². The van der Waals surface area contributed by atoms with Gasteiger partial charge >= 0.3 is 5.97 Å². The third kappa shape index (κ3) is 5.48. The summed E-state index contributed by atoms with van der Waals surface area (Å²) in [6.45, 7) is 4.50. The molecule has 11 heteroatoms. The van der Waals surface area contributed by atoms with Crippen LogP contribution in [0.4, 0.5) is 0 Å². The van der Waals surface area contributed by atoms with Gasteiger partial charge in [0.1, 0.15) is 0 Å². The highest BCUT2D eigenvalue weighted by atomic mass is 16.4. The number of ketones is 2. The van der Waals surface area contributed by atoms with E-state index in [9.17, 15) is 34.2 Å². The molecule has 0 saturated heterocycles. The van der Waals surface area contributed by atoms with Gasteiger partial charge in [0, 0.05) is 6.42 Å². The van der Waals surface area contributed by atoms with Crippen molar-refractivity contribution in [3.63, 3.8) is 0 Å². The van der Waals surface area contributed by atoms with Crippen LogP contribution in [0.25, 0.3) is 0 Å². The van der Waals surface area contributed by atoms with Crippen molar-refractivity contribution in [3.8, 4) is 0 Å². The minimum atomic E-state index is -3.41. The van der Waals surface area contributed by atoms with Gasteiger partial charge in [-0.2, -0.15) is 0 Å². The number of Topliss-reactive ketones (excluding diaryl/α,β-unsaturated/α-hetero) is 2. The molecule has 35 heavy (non-hydrogen) atoms. The van der Waals surface area contributed by atoms with E-state index in [0.29, 0.717) is 5.56 Å². The molecule has 8 N–H and O–H groups in total. The van der Waals surface area contributed by atoms with Gasteiger partial charge < -0.3 is 27.4 Å². The molecule has 194 valence electrons. The first kappa shape index (κ1) is 30.0. The van der Waals surface area contributed by atoms with Crippen LogP contribution < -0.4 is 17.2 Å². The SMILES string of the molecule is CCCC(=O)C(O)(C(C)C)C(C(=O)O)(C(=O)C(N)Cc1ccccc1)N(C(=O)CN)C(=O)C(C)N. The third-order valence-electron chi connectivity index (χ3n) is 5.96. The van der Waals surface area contributed by atoms with Gasteiger partial charge in [0.25, 0.3) is 0 Å². The Bertz CT molecular complexity index is 950. The Kier molecular flexibility index (Phi) is 10.4. The van der Waals surface area contributed by atoms with Crippen molar-refractivity contribution in [2.24, 2.45) is 23.1 Å². The summed E-state index contributed by atoms with van der Waals surface area (Å²) in [6, 6.07) is 5.27. The van der Waals surface area contributed by atoms with Crippen LogP contribution in [-0.2, 0) is 30.4 Å². The Balaban J connectivity index is 4.10. The number of rotatable bonds is 13. The summed E-state index contributed by atoms with van der Waals surface area (Å²) in [4.78, 5) is 66.6. The van der Waals surface area contributed by atoms with Gasteiger partial charge in [0.15, 0.2) is 17.2 Å². The Morgan fingerprint density at radius 3 is 1.97 bits per heavy atom. The summed E-state index contributed by atoms with van der Waals surface area (Å²) in [5.41, 5.74) is 11.4. The van der Waals surface area contributed by atoms with Crippen LogP contribution in [0.3, 0.4) is 0 Å². The smallest absolute Gasteiger partial charge is 0.341 e. The number of hydrogen-bond acceptors (Lipinski definition) is 9. The van der Waals surface area contributed by atoms with Crippen LogP contribution >= 0.6 is 0 Å². The van der Waals surface area contributed by atoms with E-state index in [0.717, 1.165) is 0 Å². The predicted molar refractivity (Wildman–Crippen MR) is 128 cm³/mol. The molecule has 1 aromatic rings. The van der Waals surface area contributed by atoms with Crippen molar-refractivity contribution in [3.05, 3.63) is 35.9 Å². The number of carboxylic acid groups (broad SMARTS) is 1. The zero-order valence-electron chi connectivity index (χ0n) is 20.6. The topological polar surface area (TPSA) is 207 Å². The maximum atomic E-state index is 14.0. The molecule has 11 nitrogen and oxygen atoms in total. The molecule has 0 heterocycles. The van der Waals surface area contributed by atoms with Gasteiger partial charge in [-0.05, 0) is 31.2 Å². The lowest BCUT2D eigenvalue weighted by atomic mass is 9.64. The number of carboxylic acids is 1. The summed E-state index contributed by atoms with van der Waals surface area (Å²) in [7, 11) is 0. The first-order valence-electron chi connectivity index (χ1n) is 11.4. The zero-order valence-corrected chi connectivity index (χ0v) is 20.6. The summed E-state index contributed by atoms with van der Waals surface area (Å²) in [6.07, 6.45) is -0.330. The Labute approximate surface area is 204 Å². The average Bonchev–Trinajstić information content (AvgIpc) is 2.80. The van der Waals surface area contributed by atoms with E-state index in [4.69, 9.17) is 17.2 Å². The normalized spacial score (nSPS) is 16.5. The molecule has 0 spiro atoms. The van der Waals surface area contributed by atoms with Crippen molar-refractivity contribution < 1.29 is 34.2 Å². The number of hydrogen-bond donors (Lipinski definition) is 5. The molecule has 0 saturated carbocycles. The van der Waals surface area contributed by atoms with Crippen molar-refractivity contribution in [1.29, 1.82) is 0 Å². The molecule has 0 fully saturated rings. The number of aliphatic hydroxyl groups is 1. The second-order valence-corrected chi connectivity index (χ2v) is 8.83. The zero-order chi connectivity index (χ0) is 27.1. The molecule has 0 aliphatic rings. The second-order valence-electron chi connectivity index (χ2n) is 8.83. The maximum absolute atomic E-state index is 14.0. The molecule has 0 aliphatic carbocycles. The summed E-state index contributed by atoms with van der Waals surface area (Å²) < 4.78 is 0.